The van der Waals surface area contributed by atoms with E-state index in [-0.39, 0.29) is 0 Å². The molecule has 0 N–H and O–H groups in total. The van der Waals surface area contributed by atoms with Gasteiger partial charge in [-0.2, -0.15) is 0 Å². The molecular weight excluding hydrogens is 163 g/mol. The summed E-state index contributed by atoms with van der Waals surface area (Å²) in [5, 5.41) is 0. The minimum Gasteiger partial charge on any atom is -0.0927 e. The van der Waals surface area contributed by atoms with Crippen LogP contribution < -0.4 is 0 Å². The number of rotatable bonds is 8. The monoisotopic (exact) mass is 187 g/mol. The molecule has 0 unspecified atom stereocenters. The van der Waals surface area contributed by atoms with Gasteiger partial charge in [-0.1, -0.05) is 65.4 Å². The molecule has 0 amide bonds. The number of hydrogen-bond donors (Lipinski definition) is 0. The molecule has 14 heavy (non-hydrogen) atoms. The predicted molar refractivity (Wildman–Crippen MR) is 72.9 cm³/mol. The van der Waals surface area contributed by atoms with E-state index in [0.717, 1.165) is 6.60 Å². The van der Waals surface area contributed by atoms with Crippen molar-refractivity contribution in [2.75, 3.05) is 0 Å². The molecule has 0 aliphatic heterocycles. The first-order valence-corrected chi connectivity index (χ1v) is 6.18. The van der Waals surface area contributed by atoms with Crippen LogP contribution in [0, 0.1) is 0 Å². The van der Waals surface area contributed by atoms with Gasteiger partial charge >= 0.3 is 0 Å². The van der Waals surface area contributed by atoms with Gasteiger partial charge in [0.2, 0.25) is 0 Å². The normalized spacial score (nSPS) is 10.4. The number of unbranched alkanes of at least 4 members (excludes halogenated alkanes) is 3. The predicted octanol–water partition coefficient (Wildman–Crippen LogP) is 2.96. The molecule has 0 saturated heterocycles. The van der Waals surface area contributed by atoms with E-state index in [1.807, 2.05) is 7.06 Å². The average Bonchev–Trinajstić information content (AvgIpc) is 2.13. The third-order valence-electron chi connectivity index (χ3n) is 3.16. The lowest BCUT2D eigenvalue weighted by atomic mass is 8.89. The van der Waals surface area contributed by atoms with Gasteiger partial charge in [0.15, 0.2) is 0 Å². The highest BCUT2D eigenvalue weighted by Gasteiger charge is 2.23. The van der Waals surface area contributed by atoms with Gasteiger partial charge in [0, 0.05) is 14.8 Å². The molecular formula is C10H23B4. The minimum atomic E-state index is 0.594. The quantitative estimate of drug-likeness (QED) is 0.404. The van der Waals surface area contributed by atoms with E-state index in [0.29, 0.717) is 12.3 Å². The van der Waals surface area contributed by atoms with Gasteiger partial charge in [-0.3, -0.25) is 0 Å². The van der Waals surface area contributed by atoms with Crippen LogP contribution in [-0.4, -0.2) is 27.9 Å². The Balaban J connectivity index is 3.64. The molecule has 0 heterocycles. The summed E-state index contributed by atoms with van der Waals surface area (Å²) in [6, 6.07) is 0. The molecule has 0 spiro atoms. The van der Waals surface area contributed by atoms with Gasteiger partial charge < -0.3 is 0 Å². The van der Waals surface area contributed by atoms with Gasteiger partial charge in [-0.25, -0.2) is 0 Å². The summed E-state index contributed by atoms with van der Waals surface area (Å²) in [4.78, 5) is 0. The molecule has 0 fully saturated rings. The highest BCUT2D eigenvalue weighted by Crippen LogP contribution is 2.14. The largest absolute Gasteiger partial charge is 0.0965 e. The van der Waals surface area contributed by atoms with Crippen molar-refractivity contribution in [3.8, 4) is 0 Å². The molecule has 0 aliphatic carbocycles. The SMILES string of the molecule is [B][B]B(B(C)CCCCCC)C(C)C. The highest BCUT2D eigenvalue weighted by atomic mass is 13.9. The minimum absolute atomic E-state index is 0.594. The molecule has 0 aromatic carbocycles. The first kappa shape index (κ1) is 14.3. The Morgan fingerprint density at radius 3 is 2.29 bits per heavy atom. The maximum Gasteiger partial charge on any atom is 0.0965 e. The topological polar surface area (TPSA) is 0 Å². The van der Waals surface area contributed by atoms with Crippen molar-refractivity contribution in [2.45, 2.75) is 65.4 Å². The van der Waals surface area contributed by atoms with Crippen molar-refractivity contribution in [1.82, 2.24) is 0 Å². The van der Waals surface area contributed by atoms with Crippen LogP contribution in [0.2, 0.25) is 19.0 Å². The first-order chi connectivity index (χ1) is 6.63. The summed E-state index contributed by atoms with van der Waals surface area (Å²) in [5.74, 6) is 0.682. The average molecular weight is 187 g/mol. The van der Waals surface area contributed by atoms with Gasteiger partial charge in [0.05, 0.1) is 13.1 Å². The molecule has 4 heteroatoms. The lowest BCUT2D eigenvalue weighted by molar-refractivity contribution is 0.699. The van der Waals surface area contributed by atoms with Crippen LogP contribution in [0.3, 0.4) is 0 Å². The van der Waals surface area contributed by atoms with Crippen molar-refractivity contribution in [1.29, 1.82) is 0 Å². The Morgan fingerprint density at radius 1 is 1.21 bits per heavy atom. The number of hydrogen-bond acceptors (Lipinski definition) is 0. The molecule has 0 atom stereocenters. The van der Waals surface area contributed by atoms with Crippen LogP contribution in [-0.2, 0) is 0 Å². The Morgan fingerprint density at radius 2 is 1.86 bits per heavy atom. The summed E-state index contributed by atoms with van der Waals surface area (Å²) in [7, 11) is 7.58. The lowest BCUT2D eigenvalue weighted by Crippen LogP contribution is -2.41. The molecule has 0 saturated carbocycles. The Bertz CT molecular complexity index is 127. The van der Waals surface area contributed by atoms with Gasteiger partial charge in [-0.05, 0) is 0 Å². The fourth-order valence-electron chi connectivity index (χ4n) is 2.15. The summed E-state index contributed by atoms with van der Waals surface area (Å²) >= 11 is 0. The molecule has 0 nitrogen and oxygen atoms in total. The van der Waals surface area contributed by atoms with Crippen LogP contribution >= 0.6 is 0 Å². The van der Waals surface area contributed by atoms with Crippen LogP contribution in [0.4, 0.5) is 0 Å². The Kier molecular flexibility index (Phi) is 8.72. The summed E-state index contributed by atoms with van der Waals surface area (Å²) in [5.41, 5.74) is 0. The van der Waals surface area contributed by atoms with Crippen molar-refractivity contribution in [2.24, 2.45) is 0 Å². The van der Waals surface area contributed by atoms with Crippen molar-refractivity contribution in [3.05, 3.63) is 0 Å². The second-order valence-corrected chi connectivity index (χ2v) is 4.84. The molecule has 0 aromatic rings. The van der Waals surface area contributed by atoms with E-state index < -0.39 is 0 Å². The summed E-state index contributed by atoms with van der Waals surface area (Å²) in [6.45, 7) is 10.5. The Labute approximate surface area is 93.8 Å². The second-order valence-electron chi connectivity index (χ2n) is 4.84. The highest BCUT2D eigenvalue weighted by molar-refractivity contribution is 7.54. The van der Waals surface area contributed by atoms with Crippen LogP contribution in [0.25, 0.3) is 0 Å². The third kappa shape index (κ3) is 5.88. The zero-order valence-corrected chi connectivity index (χ0v) is 10.4. The van der Waals surface area contributed by atoms with E-state index in [9.17, 15) is 0 Å². The van der Waals surface area contributed by atoms with Crippen molar-refractivity contribution >= 4 is 27.9 Å². The molecule has 75 valence electrons. The van der Waals surface area contributed by atoms with E-state index >= 15 is 0 Å². The maximum absolute atomic E-state index is 5.68. The fourth-order valence-corrected chi connectivity index (χ4v) is 2.15. The zero-order chi connectivity index (χ0) is 11.0. The standard InChI is InChI=1S/C10H23B4/c1-5-6-7-8-9-13(4)14(12-11)10(2)3/h10H,5-9H2,1-4H3. The molecule has 0 aliphatic rings. The second kappa shape index (κ2) is 8.56. The summed E-state index contributed by atoms with van der Waals surface area (Å²) < 4.78 is 0. The van der Waals surface area contributed by atoms with Crippen LogP contribution in [0.5, 0.6) is 0 Å². The van der Waals surface area contributed by atoms with Crippen molar-refractivity contribution in [3.63, 3.8) is 0 Å². The van der Waals surface area contributed by atoms with Gasteiger partial charge in [-0.15, -0.1) is 0 Å². The maximum atomic E-state index is 5.68. The molecule has 0 rings (SSSR count). The van der Waals surface area contributed by atoms with Gasteiger partial charge in [0.25, 0.3) is 0 Å². The first-order valence-electron chi connectivity index (χ1n) is 6.18. The summed E-state index contributed by atoms with van der Waals surface area (Å²) in [6.07, 6.45) is 6.79. The van der Waals surface area contributed by atoms with E-state index in [2.05, 4.69) is 27.6 Å². The Hall–Kier alpha value is 0.260. The third-order valence-corrected chi connectivity index (χ3v) is 3.16. The molecule has 3 radical (unpaired) electrons. The zero-order valence-electron chi connectivity index (χ0n) is 10.4. The fraction of sp³-hybridized carbons (Fsp3) is 1.00. The van der Waals surface area contributed by atoms with Crippen LogP contribution in [0.1, 0.15) is 46.5 Å². The molecule has 0 bridgehead atoms. The van der Waals surface area contributed by atoms with E-state index in [1.165, 1.54) is 32.0 Å². The lowest BCUT2D eigenvalue weighted by Gasteiger charge is -2.21. The van der Waals surface area contributed by atoms with Crippen molar-refractivity contribution < 1.29 is 0 Å². The van der Waals surface area contributed by atoms with Crippen LogP contribution in [0.15, 0.2) is 0 Å². The van der Waals surface area contributed by atoms with E-state index in [4.69, 9.17) is 7.74 Å². The van der Waals surface area contributed by atoms with Gasteiger partial charge in [0.1, 0.15) is 0 Å². The molecule has 0 aromatic heterocycles. The smallest absolute Gasteiger partial charge is 0.0927 e. The van der Waals surface area contributed by atoms with E-state index in [1.54, 1.807) is 0 Å².